The first-order valence-corrected chi connectivity index (χ1v) is 11.2. The van der Waals surface area contributed by atoms with Gasteiger partial charge in [-0.15, -0.1) is 11.3 Å². The van der Waals surface area contributed by atoms with Crippen LogP contribution in [0.25, 0.3) is 10.2 Å². The van der Waals surface area contributed by atoms with Crippen LogP contribution in [0.2, 0.25) is 0 Å². The van der Waals surface area contributed by atoms with Crippen molar-refractivity contribution in [3.63, 3.8) is 0 Å². The lowest BCUT2D eigenvalue weighted by Gasteiger charge is -2.15. The van der Waals surface area contributed by atoms with Crippen LogP contribution in [0.15, 0.2) is 21.6 Å². The molecular formula is C20H27N3O2S2. The third kappa shape index (κ3) is 4.46. The number of hydrogen-bond donors (Lipinski definition) is 1. The van der Waals surface area contributed by atoms with Gasteiger partial charge in [-0.05, 0) is 58.4 Å². The maximum Gasteiger partial charge on any atom is 0.262 e. The molecule has 1 unspecified atom stereocenters. The summed E-state index contributed by atoms with van der Waals surface area (Å²) in [6, 6.07) is 0. The molecule has 0 saturated carbocycles. The highest BCUT2D eigenvalue weighted by molar-refractivity contribution is 8.00. The van der Waals surface area contributed by atoms with E-state index in [1.165, 1.54) is 47.9 Å². The second-order valence-corrected chi connectivity index (χ2v) is 9.64. The Bertz CT molecular complexity index is 943. The van der Waals surface area contributed by atoms with E-state index in [2.05, 4.69) is 16.4 Å². The summed E-state index contributed by atoms with van der Waals surface area (Å²) in [6.45, 7) is 6.50. The van der Waals surface area contributed by atoms with Crippen LogP contribution in [0.5, 0.6) is 0 Å². The summed E-state index contributed by atoms with van der Waals surface area (Å²) >= 11 is 2.88. The molecule has 0 saturated heterocycles. The van der Waals surface area contributed by atoms with Gasteiger partial charge in [0.25, 0.3) is 5.56 Å². The molecule has 0 bridgehead atoms. The van der Waals surface area contributed by atoms with Gasteiger partial charge in [0, 0.05) is 18.5 Å². The van der Waals surface area contributed by atoms with Crippen molar-refractivity contribution < 1.29 is 4.79 Å². The number of carbonyl (C=O) groups is 1. The second kappa shape index (κ2) is 8.61. The molecule has 1 amide bonds. The Morgan fingerprint density at radius 3 is 2.89 bits per heavy atom. The third-order valence-electron chi connectivity index (χ3n) is 5.15. The smallest absolute Gasteiger partial charge is 0.262 e. The van der Waals surface area contributed by atoms with Crippen LogP contribution in [-0.4, -0.2) is 27.3 Å². The molecule has 0 spiro atoms. The summed E-state index contributed by atoms with van der Waals surface area (Å²) < 4.78 is 1.56. The number of thioether (sulfide) groups is 1. The number of rotatable bonds is 6. The maximum atomic E-state index is 12.7. The Morgan fingerprint density at radius 2 is 2.19 bits per heavy atom. The van der Waals surface area contributed by atoms with Gasteiger partial charge in [0.2, 0.25) is 5.91 Å². The van der Waals surface area contributed by atoms with Gasteiger partial charge in [-0.1, -0.05) is 23.4 Å². The van der Waals surface area contributed by atoms with Crippen molar-refractivity contribution in [2.24, 2.45) is 7.05 Å². The number of amides is 1. The van der Waals surface area contributed by atoms with E-state index in [0.29, 0.717) is 17.1 Å². The largest absolute Gasteiger partial charge is 0.355 e. The highest BCUT2D eigenvalue weighted by atomic mass is 32.2. The zero-order chi connectivity index (χ0) is 19.6. The number of thiophene rings is 1. The van der Waals surface area contributed by atoms with Gasteiger partial charge in [-0.2, -0.15) is 0 Å². The molecule has 7 heteroatoms. The van der Waals surface area contributed by atoms with Crippen molar-refractivity contribution >= 4 is 39.2 Å². The number of nitrogens with zero attached hydrogens (tertiary/aromatic N) is 2. The molecule has 1 atom stereocenters. The van der Waals surface area contributed by atoms with Gasteiger partial charge in [0.1, 0.15) is 4.83 Å². The van der Waals surface area contributed by atoms with E-state index in [9.17, 15) is 9.59 Å². The summed E-state index contributed by atoms with van der Waals surface area (Å²) in [7, 11) is 1.73. The molecule has 1 N–H and O–H groups in total. The van der Waals surface area contributed by atoms with E-state index in [0.717, 1.165) is 28.1 Å². The normalized spacial score (nSPS) is 15.6. The Labute approximate surface area is 168 Å². The Kier molecular flexibility index (Phi) is 6.42. The zero-order valence-electron chi connectivity index (χ0n) is 16.4. The minimum atomic E-state index is -0.303. The lowest BCUT2D eigenvalue weighted by atomic mass is 9.97. The lowest BCUT2D eigenvalue weighted by Crippen LogP contribution is -2.32. The number of carbonyl (C=O) groups excluding carboxylic acids is 1. The van der Waals surface area contributed by atoms with Crippen LogP contribution >= 0.6 is 23.1 Å². The fourth-order valence-corrected chi connectivity index (χ4v) is 5.26. The van der Waals surface area contributed by atoms with Crippen LogP contribution < -0.4 is 10.9 Å². The molecule has 0 radical (unpaired) electrons. The van der Waals surface area contributed by atoms with Crippen molar-refractivity contribution in [1.82, 2.24) is 14.9 Å². The van der Waals surface area contributed by atoms with Gasteiger partial charge in [0.05, 0.1) is 10.6 Å². The Hall–Kier alpha value is -1.60. The molecule has 2 heterocycles. The average molecular weight is 406 g/mol. The van der Waals surface area contributed by atoms with E-state index in [1.807, 2.05) is 20.8 Å². The first-order valence-electron chi connectivity index (χ1n) is 9.47. The summed E-state index contributed by atoms with van der Waals surface area (Å²) in [5, 5.41) is 4.00. The number of aromatic nitrogens is 2. The molecule has 1 aliphatic rings. The minimum Gasteiger partial charge on any atom is -0.355 e. The summed E-state index contributed by atoms with van der Waals surface area (Å²) in [6.07, 6.45) is 8.11. The van der Waals surface area contributed by atoms with Gasteiger partial charge >= 0.3 is 0 Å². The fourth-order valence-electron chi connectivity index (χ4n) is 3.29. The van der Waals surface area contributed by atoms with E-state index in [4.69, 9.17) is 0 Å². The molecule has 3 rings (SSSR count). The van der Waals surface area contributed by atoms with Crippen molar-refractivity contribution in [3.8, 4) is 0 Å². The highest BCUT2D eigenvalue weighted by Gasteiger charge is 2.20. The second-order valence-electron chi connectivity index (χ2n) is 7.13. The van der Waals surface area contributed by atoms with Gasteiger partial charge in [-0.25, -0.2) is 4.98 Å². The van der Waals surface area contributed by atoms with Crippen LogP contribution in [0.3, 0.4) is 0 Å². The van der Waals surface area contributed by atoms with Crippen LogP contribution in [0.4, 0.5) is 0 Å². The average Bonchev–Trinajstić information content (AvgIpc) is 2.94. The molecule has 2 aromatic rings. The van der Waals surface area contributed by atoms with E-state index < -0.39 is 0 Å². The van der Waals surface area contributed by atoms with Crippen molar-refractivity contribution in [2.75, 3.05) is 6.54 Å². The number of nitrogens with one attached hydrogen (secondary N) is 1. The third-order valence-corrected chi connectivity index (χ3v) is 7.40. The monoisotopic (exact) mass is 405 g/mol. The van der Waals surface area contributed by atoms with Crippen LogP contribution in [0.1, 0.15) is 49.5 Å². The number of fused-ring (bicyclic) bond motifs is 1. The number of allylic oxidation sites excluding steroid dienone is 1. The lowest BCUT2D eigenvalue weighted by molar-refractivity contribution is -0.120. The van der Waals surface area contributed by atoms with Gasteiger partial charge in [-0.3, -0.25) is 14.2 Å². The van der Waals surface area contributed by atoms with E-state index >= 15 is 0 Å². The van der Waals surface area contributed by atoms with Crippen molar-refractivity contribution in [2.45, 2.75) is 63.3 Å². The van der Waals surface area contributed by atoms with Gasteiger partial charge < -0.3 is 5.32 Å². The predicted molar refractivity (Wildman–Crippen MR) is 114 cm³/mol. The fraction of sp³-hybridized carbons (Fsp3) is 0.550. The summed E-state index contributed by atoms with van der Waals surface area (Å²) in [5.41, 5.74) is 2.42. The number of aryl methyl sites for hydroxylation is 2. The first-order chi connectivity index (χ1) is 12.9. The molecule has 0 aliphatic heterocycles. The van der Waals surface area contributed by atoms with Crippen molar-refractivity contribution in [3.05, 3.63) is 32.4 Å². The first kappa shape index (κ1) is 20.1. The molecule has 146 valence electrons. The Morgan fingerprint density at radius 1 is 1.41 bits per heavy atom. The molecule has 0 fully saturated rings. The molecule has 5 nitrogen and oxygen atoms in total. The zero-order valence-corrected chi connectivity index (χ0v) is 18.1. The molecule has 1 aliphatic carbocycles. The molecular weight excluding hydrogens is 378 g/mol. The standard InChI is InChI=1S/C20H27N3O2S2/c1-12-13(2)26-18-16(12)19(25)23(4)20(22-18)27-14(3)17(24)21-11-10-15-8-6-5-7-9-15/h8,14H,5-7,9-11H2,1-4H3,(H,21,24). The SMILES string of the molecule is Cc1sc2nc(SC(C)C(=O)NCCC3=CCCCC3)n(C)c(=O)c2c1C. The summed E-state index contributed by atoms with van der Waals surface area (Å²) in [4.78, 5) is 31.7. The minimum absolute atomic E-state index is 0.00991. The van der Waals surface area contributed by atoms with E-state index in [-0.39, 0.29) is 16.7 Å². The van der Waals surface area contributed by atoms with Crippen LogP contribution in [-0.2, 0) is 11.8 Å². The molecule has 27 heavy (non-hydrogen) atoms. The number of hydrogen-bond acceptors (Lipinski definition) is 5. The van der Waals surface area contributed by atoms with Crippen LogP contribution in [0, 0.1) is 13.8 Å². The van der Waals surface area contributed by atoms with E-state index in [1.54, 1.807) is 11.6 Å². The van der Waals surface area contributed by atoms with Gasteiger partial charge in [0.15, 0.2) is 5.16 Å². The molecule has 0 aromatic carbocycles. The maximum absolute atomic E-state index is 12.7. The van der Waals surface area contributed by atoms with Crippen molar-refractivity contribution in [1.29, 1.82) is 0 Å². The topological polar surface area (TPSA) is 64.0 Å². The Balaban J connectivity index is 1.65. The quantitative estimate of drug-likeness (QED) is 0.446. The highest BCUT2D eigenvalue weighted by Crippen LogP contribution is 2.29. The molecule has 2 aromatic heterocycles. The predicted octanol–water partition coefficient (Wildman–Crippen LogP) is 4.10. The summed E-state index contributed by atoms with van der Waals surface area (Å²) in [5.74, 6) is -0.00991.